The average molecular weight is 290 g/mol. The van der Waals surface area contributed by atoms with Crippen LogP contribution in [0.15, 0.2) is 0 Å². The molecule has 0 aliphatic rings. The first-order chi connectivity index (χ1) is 9.42. The summed E-state index contributed by atoms with van der Waals surface area (Å²) in [6, 6.07) is -0.341. The van der Waals surface area contributed by atoms with Crippen molar-refractivity contribution in [3.8, 4) is 0 Å². The molecule has 0 aromatic rings. The van der Waals surface area contributed by atoms with Gasteiger partial charge in [0, 0.05) is 33.8 Å². The number of amides is 2. The summed E-state index contributed by atoms with van der Waals surface area (Å²) in [6.45, 7) is 0.964. The van der Waals surface area contributed by atoms with Gasteiger partial charge in [-0.05, 0) is 0 Å². The highest BCUT2D eigenvalue weighted by Crippen LogP contribution is 2.01. The van der Waals surface area contributed by atoms with Gasteiger partial charge in [-0.3, -0.25) is 9.59 Å². The Balaban J connectivity index is 4.45. The third-order valence-electron chi connectivity index (χ3n) is 2.64. The van der Waals surface area contributed by atoms with E-state index in [0.29, 0.717) is 13.2 Å². The molecule has 0 spiro atoms. The van der Waals surface area contributed by atoms with Gasteiger partial charge >= 0.3 is 18.0 Å². The largest absolute Gasteiger partial charge is 0.481 e. The van der Waals surface area contributed by atoms with Crippen LogP contribution in [0.4, 0.5) is 4.79 Å². The number of aliphatic carboxylic acids is 1. The maximum absolute atomic E-state index is 12.1. The molecular weight excluding hydrogens is 268 g/mol. The molecule has 20 heavy (non-hydrogen) atoms. The zero-order chi connectivity index (χ0) is 15.5. The summed E-state index contributed by atoms with van der Waals surface area (Å²) in [5.74, 6) is -1.38. The van der Waals surface area contributed by atoms with E-state index in [1.54, 1.807) is 0 Å². The number of carbonyl (C=O) groups is 3. The maximum Gasteiger partial charge on any atom is 0.319 e. The van der Waals surface area contributed by atoms with Gasteiger partial charge in [0.25, 0.3) is 0 Å². The van der Waals surface area contributed by atoms with Gasteiger partial charge in [-0.25, -0.2) is 4.79 Å². The van der Waals surface area contributed by atoms with Gasteiger partial charge in [0.05, 0.1) is 26.6 Å². The number of carbonyl (C=O) groups excluding carboxylic acids is 2. The van der Waals surface area contributed by atoms with E-state index < -0.39 is 11.9 Å². The standard InChI is InChI=1S/C12H22N2O6/c1-13(6-4-10(15)16)12(18)14(8-9-19-2)7-5-11(17)20-3/h4-9H2,1-3H3,(H,15,16). The Morgan fingerprint density at radius 2 is 1.70 bits per heavy atom. The van der Waals surface area contributed by atoms with Crippen LogP contribution in [0.2, 0.25) is 0 Å². The second-order valence-corrected chi connectivity index (χ2v) is 4.15. The zero-order valence-electron chi connectivity index (χ0n) is 12.1. The van der Waals surface area contributed by atoms with Gasteiger partial charge < -0.3 is 24.4 Å². The van der Waals surface area contributed by atoms with E-state index >= 15 is 0 Å². The van der Waals surface area contributed by atoms with Gasteiger partial charge in [0.2, 0.25) is 0 Å². The smallest absolute Gasteiger partial charge is 0.319 e. The van der Waals surface area contributed by atoms with Crippen molar-refractivity contribution < 1.29 is 29.0 Å². The van der Waals surface area contributed by atoms with Crippen molar-refractivity contribution in [3.05, 3.63) is 0 Å². The zero-order valence-corrected chi connectivity index (χ0v) is 12.1. The van der Waals surface area contributed by atoms with Crippen LogP contribution in [0.3, 0.4) is 0 Å². The molecule has 0 saturated heterocycles. The lowest BCUT2D eigenvalue weighted by molar-refractivity contribution is -0.141. The summed E-state index contributed by atoms with van der Waals surface area (Å²) in [5.41, 5.74) is 0. The second kappa shape index (κ2) is 10.0. The van der Waals surface area contributed by atoms with E-state index in [4.69, 9.17) is 9.84 Å². The minimum Gasteiger partial charge on any atom is -0.481 e. The van der Waals surface area contributed by atoms with Crippen molar-refractivity contribution in [1.82, 2.24) is 9.80 Å². The molecular formula is C12H22N2O6. The first-order valence-corrected chi connectivity index (χ1v) is 6.20. The lowest BCUT2D eigenvalue weighted by atomic mass is 10.3. The van der Waals surface area contributed by atoms with Crippen molar-refractivity contribution >= 4 is 18.0 Å². The van der Waals surface area contributed by atoms with Crippen molar-refractivity contribution in [3.63, 3.8) is 0 Å². The van der Waals surface area contributed by atoms with Crippen molar-refractivity contribution in [2.24, 2.45) is 0 Å². The Bertz CT molecular complexity index is 334. The average Bonchev–Trinajstić information content (AvgIpc) is 2.43. The van der Waals surface area contributed by atoms with E-state index in [1.165, 1.54) is 31.1 Å². The normalized spacial score (nSPS) is 9.95. The SMILES string of the molecule is COCCN(CCC(=O)OC)C(=O)N(C)CCC(=O)O. The Morgan fingerprint density at radius 3 is 2.20 bits per heavy atom. The molecule has 2 amide bonds. The second-order valence-electron chi connectivity index (χ2n) is 4.15. The number of esters is 1. The number of rotatable bonds is 9. The fourth-order valence-corrected chi connectivity index (χ4v) is 1.43. The maximum atomic E-state index is 12.1. The number of hydrogen-bond acceptors (Lipinski definition) is 5. The highest BCUT2D eigenvalue weighted by atomic mass is 16.5. The van der Waals surface area contributed by atoms with Crippen LogP contribution in [0.1, 0.15) is 12.8 Å². The van der Waals surface area contributed by atoms with Crippen molar-refractivity contribution in [2.45, 2.75) is 12.8 Å². The van der Waals surface area contributed by atoms with E-state index in [-0.39, 0.29) is 32.0 Å². The van der Waals surface area contributed by atoms with Crippen LogP contribution in [-0.4, -0.2) is 80.4 Å². The van der Waals surface area contributed by atoms with Gasteiger partial charge in [0.1, 0.15) is 0 Å². The third kappa shape index (κ3) is 7.57. The molecule has 0 fully saturated rings. The summed E-state index contributed by atoms with van der Waals surface area (Å²) < 4.78 is 9.44. The Hall–Kier alpha value is -1.83. The Labute approximate surface area is 118 Å². The molecule has 0 aliphatic heterocycles. The number of nitrogens with zero attached hydrogens (tertiary/aromatic N) is 2. The van der Waals surface area contributed by atoms with Crippen LogP contribution in [0, 0.1) is 0 Å². The summed E-state index contributed by atoms with van der Waals surface area (Å²) in [4.78, 5) is 36.5. The van der Waals surface area contributed by atoms with E-state index in [9.17, 15) is 14.4 Å². The molecule has 0 radical (unpaired) electrons. The minimum absolute atomic E-state index is 0.0821. The molecule has 0 atom stereocenters. The monoisotopic (exact) mass is 290 g/mol. The lowest BCUT2D eigenvalue weighted by Gasteiger charge is -2.27. The van der Waals surface area contributed by atoms with Gasteiger partial charge in [-0.1, -0.05) is 0 Å². The molecule has 0 heterocycles. The molecule has 0 aliphatic carbocycles. The van der Waals surface area contributed by atoms with Crippen LogP contribution in [-0.2, 0) is 19.1 Å². The minimum atomic E-state index is -0.970. The fourth-order valence-electron chi connectivity index (χ4n) is 1.43. The molecule has 8 nitrogen and oxygen atoms in total. The van der Waals surface area contributed by atoms with Crippen LogP contribution in [0.5, 0.6) is 0 Å². The molecule has 0 saturated carbocycles. The number of urea groups is 1. The van der Waals surface area contributed by atoms with E-state index in [2.05, 4.69) is 4.74 Å². The molecule has 0 unspecified atom stereocenters. The highest BCUT2D eigenvalue weighted by molar-refractivity contribution is 5.76. The first kappa shape index (κ1) is 18.2. The molecule has 1 N–H and O–H groups in total. The number of carboxylic acids is 1. The van der Waals surface area contributed by atoms with Crippen molar-refractivity contribution in [1.29, 1.82) is 0 Å². The fraction of sp³-hybridized carbons (Fsp3) is 0.750. The molecule has 0 aromatic carbocycles. The molecule has 0 rings (SSSR count). The van der Waals surface area contributed by atoms with Crippen LogP contribution < -0.4 is 0 Å². The number of carboxylic acid groups (broad SMARTS) is 1. The molecule has 0 aromatic heterocycles. The summed E-state index contributed by atoms with van der Waals surface area (Å²) in [5, 5.41) is 8.60. The highest BCUT2D eigenvalue weighted by Gasteiger charge is 2.19. The predicted octanol–water partition coefficient (Wildman–Crippen LogP) is 0.0244. The molecule has 116 valence electrons. The molecule has 0 bridgehead atoms. The predicted molar refractivity (Wildman–Crippen MR) is 70.4 cm³/mol. The Kier molecular flexibility index (Phi) is 9.10. The third-order valence-corrected chi connectivity index (χ3v) is 2.64. The van der Waals surface area contributed by atoms with Gasteiger partial charge in [0.15, 0.2) is 0 Å². The lowest BCUT2D eigenvalue weighted by Crippen LogP contribution is -2.44. The number of hydrogen-bond donors (Lipinski definition) is 1. The van der Waals surface area contributed by atoms with Gasteiger partial charge in [-0.2, -0.15) is 0 Å². The van der Waals surface area contributed by atoms with E-state index in [1.807, 2.05) is 0 Å². The number of methoxy groups -OCH3 is 2. The number of ether oxygens (including phenoxy) is 2. The van der Waals surface area contributed by atoms with Crippen LogP contribution in [0.25, 0.3) is 0 Å². The van der Waals surface area contributed by atoms with Crippen LogP contribution >= 0.6 is 0 Å². The van der Waals surface area contributed by atoms with Crippen molar-refractivity contribution in [2.75, 3.05) is 47.5 Å². The quantitative estimate of drug-likeness (QED) is 0.602. The topological polar surface area (TPSA) is 96.4 Å². The van der Waals surface area contributed by atoms with E-state index in [0.717, 1.165) is 0 Å². The Morgan fingerprint density at radius 1 is 1.05 bits per heavy atom. The summed E-state index contributed by atoms with van der Waals surface area (Å²) >= 11 is 0. The first-order valence-electron chi connectivity index (χ1n) is 6.20. The summed E-state index contributed by atoms with van der Waals surface area (Å²) in [6.07, 6.45) is -0.0456. The van der Waals surface area contributed by atoms with Gasteiger partial charge in [-0.15, -0.1) is 0 Å². The molecule has 8 heteroatoms. The summed E-state index contributed by atoms with van der Waals surface area (Å²) in [7, 11) is 4.31.